The number of likely N-dealkylation sites (tertiary alicyclic amines) is 1. The smallest absolute Gasteiger partial charge is 0.222 e. The van der Waals surface area contributed by atoms with Gasteiger partial charge in [-0.25, -0.2) is 4.98 Å². The van der Waals surface area contributed by atoms with Gasteiger partial charge in [0.2, 0.25) is 5.91 Å². The number of hydrogen-bond donors (Lipinski definition) is 0. The minimum atomic E-state index is 0.338. The van der Waals surface area contributed by atoms with Crippen LogP contribution in [0.15, 0.2) is 24.4 Å². The van der Waals surface area contributed by atoms with Crippen LogP contribution in [0.1, 0.15) is 25.7 Å². The Morgan fingerprint density at radius 3 is 2.52 bits per heavy atom. The van der Waals surface area contributed by atoms with E-state index in [1.165, 1.54) is 25.9 Å². The van der Waals surface area contributed by atoms with E-state index >= 15 is 0 Å². The van der Waals surface area contributed by atoms with E-state index in [1.54, 1.807) is 0 Å². The fourth-order valence-electron chi connectivity index (χ4n) is 3.56. The van der Waals surface area contributed by atoms with Crippen LogP contribution in [0, 0.1) is 5.92 Å². The van der Waals surface area contributed by atoms with Crippen LogP contribution in [0.3, 0.4) is 0 Å². The van der Waals surface area contributed by atoms with Crippen LogP contribution >= 0.6 is 0 Å². The highest BCUT2D eigenvalue weighted by Crippen LogP contribution is 2.22. The molecule has 126 valence electrons. The predicted octanol–water partition coefficient (Wildman–Crippen LogP) is 1.85. The van der Waals surface area contributed by atoms with E-state index in [0.717, 1.165) is 50.8 Å². The van der Waals surface area contributed by atoms with E-state index in [-0.39, 0.29) is 0 Å². The van der Waals surface area contributed by atoms with Gasteiger partial charge in [0.1, 0.15) is 5.82 Å². The summed E-state index contributed by atoms with van der Waals surface area (Å²) in [7, 11) is 2.18. The highest BCUT2D eigenvalue weighted by atomic mass is 16.2. The number of hydrogen-bond acceptors (Lipinski definition) is 4. The summed E-state index contributed by atoms with van der Waals surface area (Å²) in [5, 5.41) is 0. The average Bonchev–Trinajstić information content (AvgIpc) is 2.62. The van der Waals surface area contributed by atoms with E-state index in [0.29, 0.717) is 5.91 Å². The Morgan fingerprint density at radius 1 is 1.13 bits per heavy atom. The molecule has 0 unspecified atom stereocenters. The number of pyridine rings is 1. The van der Waals surface area contributed by atoms with Crippen LogP contribution in [0.25, 0.3) is 0 Å². The van der Waals surface area contributed by atoms with Crippen LogP contribution in [-0.2, 0) is 4.79 Å². The van der Waals surface area contributed by atoms with Gasteiger partial charge in [-0.3, -0.25) is 4.79 Å². The number of carbonyl (C=O) groups is 1. The summed E-state index contributed by atoms with van der Waals surface area (Å²) in [5.41, 5.74) is 0. The topological polar surface area (TPSA) is 39.7 Å². The van der Waals surface area contributed by atoms with Crippen molar-refractivity contribution in [1.82, 2.24) is 14.8 Å². The normalized spacial score (nSPS) is 20.7. The summed E-state index contributed by atoms with van der Waals surface area (Å²) in [5.74, 6) is 2.10. The maximum absolute atomic E-state index is 12.4. The quantitative estimate of drug-likeness (QED) is 0.850. The molecule has 1 aromatic rings. The predicted molar refractivity (Wildman–Crippen MR) is 92.5 cm³/mol. The van der Waals surface area contributed by atoms with Crippen LogP contribution in [0.4, 0.5) is 5.82 Å². The number of carbonyl (C=O) groups excluding carboxylic acids is 1. The van der Waals surface area contributed by atoms with Crippen molar-refractivity contribution < 1.29 is 4.79 Å². The Labute approximate surface area is 139 Å². The molecule has 1 aromatic heterocycles. The van der Waals surface area contributed by atoms with Crippen molar-refractivity contribution in [3.05, 3.63) is 24.4 Å². The second-order valence-electron chi connectivity index (χ2n) is 6.84. The van der Waals surface area contributed by atoms with E-state index < -0.39 is 0 Å². The first-order valence-corrected chi connectivity index (χ1v) is 8.84. The third-order valence-corrected chi connectivity index (χ3v) is 5.21. The number of nitrogens with zero attached hydrogens (tertiary/aromatic N) is 4. The molecule has 0 aromatic carbocycles. The molecule has 0 bridgehead atoms. The highest BCUT2D eigenvalue weighted by molar-refractivity contribution is 5.76. The Balaban J connectivity index is 1.40. The highest BCUT2D eigenvalue weighted by Gasteiger charge is 2.23. The second kappa shape index (κ2) is 7.77. The molecule has 0 N–H and O–H groups in total. The van der Waals surface area contributed by atoms with Gasteiger partial charge in [0.25, 0.3) is 0 Å². The van der Waals surface area contributed by atoms with Crippen LogP contribution in [-0.4, -0.2) is 67.0 Å². The second-order valence-corrected chi connectivity index (χ2v) is 6.84. The van der Waals surface area contributed by atoms with Gasteiger partial charge in [-0.05, 0) is 57.5 Å². The number of amides is 1. The number of piperazine rings is 1. The molecule has 0 radical (unpaired) electrons. The molecule has 5 nitrogen and oxygen atoms in total. The average molecular weight is 316 g/mol. The lowest BCUT2D eigenvalue weighted by atomic mass is 9.92. The van der Waals surface area contributed by atoms with Gasteiger partial charge in [0.15, 0.2) is 0 Å². The van der Waals surface area contributed by atoms with Crippen LogP contribution in [0.5, 0.6) is 0 Å². The zero-order valence-corrected chi connectivity index (χ0v) is 14.2. The molecule has 3 heterocycles. The van der Waals surface area contributed by atoms with Gasteiger partial charge in [0.05, 0.1) is 0 Å². The first kappa shape index (κ1) is 16.2. The van der Waals surface area contributed by atoms with E-state index in [1.807, 2.05) is 29.3 Å². The van der Waals surface area contributed by atoms with Gasteiger partial charge in [0, 0.05) is 38.8 Å². The van der Waals surface area contributed by atoms with Crippen LogP contribution < -0.4 is 4.90 Å². The number of piperidine rings is 1. The Morgan fingerprint density at radius 2 is 1.87 bits per heavy atom. The minimum Gasteiger partial charge on any atom is -0.353 e. The third kappa shape index (κ3) is 4.44. The Hall–Kier alpha value is -1.62. The fourth-order valence-corrected chi connectivity index (χ4v) is 3.56. The molecule has 2 fully saturated rings. The lowest BCUT2D eigenvalue weighted by Gasteiger charge is -2.36. The standard InChI is InChI=1S/C18H28N4O/c1-20-10-7-16(8-11-20)5-6-18(23)22-14-12-21(13-15-22)17-4-2-3-9-19-17/h2-4,9,16H,5-8,10-15H2,1H3. The fraction of sp³-hybridized carbons (Fsp3) is 0.667. The first-order chi connectivity index (χ1) is 11.2. The van der Waals surface area contributed by atoms with E-state index in [9.17, 15) is 4.79 Å². The molecule has 3 rings (SSSR count). The van der Waals surface area contributed by atoms with Crippen molar-refractivity contribution in [2.75, 3.05) is 51.2 Å². The molecule has 2 aliphatic rings. The van der Waals surface area contributed by atoms with Crippen molar-refractivity contribution in [3.63, 3.8) is 0 Å². The number of aromatic nitrogens is 1. The summed E-state index contributed by atoms with van der Waals surface area (Å²) in [6, 6.07) is 5.99. The molecule has 1 amide bonds. The first-order valence-electron chi connectivity index (χ1n) is 8.84. The van der Waals surface area contributed by atoms with Crippen LogP contribution in [0.2, 0.25) is 0 Å². The SMILES string of the molecule is CN1CCC(CCC(=O)N2CCN(c3ccccn3)CC2)CC1. The molecular formula is C18H28N4O. The van der Waals surface area contributed by atoms with Crippen molar-refractivity contribution in [2.24, 2.45) is 5.92 Å². The molecule has 0 saturated carbocycles. The Kier molecular flexibility index (Phi) is 5.49. The molecule has 2 saturated heterocycles. The van der Waals surface area contributed by atoms with Gasteiger partial charge < -0.3 is 14.7 Å². The Bertz CT molecular complexity index is 491. The largest absolute Gasteiger partial charge is 0.353 e. The lowest BCUT2D eigenvalue weighted by molar-refractivity contribution is -0.131. The molecule has 23 heavy (non-hydrogen) atoms. The summed E-state index contributed by atoms with van der Waals surface area (Å²) >= 11 is 0. The third-order valence-electron chi connectivity index (χ3n) is 5.21. The minimum absolute atomic E-state index is 0.338. The van der Waals surface area contributed by atoms with E-state index in [2.05, 4.69) is 21.8 Å². The molecule has 0 spiro atoms. The zero-order valence-electron chi connectivity index (χ0n) is 14.2. The summed E-state index contributed by atoms with van der Waals surface area (Å²) < 4.78 is 0. The van der Waals surface area contributed by atoms with Crippen molar-refractivity contribution in [2.45, 2.75) is 25.7 Å². The van der Waals surface area contributed by atoms with Gasteiger partial charge in [-0.2, -0.15) is 0 Å². The molecule has 0 aliphatic carbocycles. The number of anilines is 1. The van der Waals surface area contributed by atoms with Gasteiger partial charge in [-0.1, -0.05) is 6.07 Å². The summed E-state index contributed by atoms with van der Waals surface area (Å²) in [4.78, 5) is 23.5. The monoisotopic (exact) mass is 316 g/mol. The van der Waals surface area contributed by atoms with Crippen molar-refractivity contribution >= 4 is 11.7 Å². The van der Waals surface area contributed by atoms with Crippen molar-refractivity contribution in [1.29, 1.82) is 0 Å². The van der Waals surface area contributed by atoms with Gasteiger partial charge >= 0.3 is 0 Å². The van der Waals surface area contributed by atoms with E-state index in [4.69, 9.17) is 0 Å². The zero-order chi connectivity index (χ0) is 16.1. The summed E-state index contributed by atoms with van der Waals surface area (Å²) in [6.45, 7) is 5.78. The molecular weight excluding hydrogens is 288 g/mol. The lowest BCUT2D eigenvalue weighted by Crippen LogP contribution is -2.49. The van der Waals surface area contributed by atoms with Crippen molar-refractivity contribution in [3.8, 4) is 0 Å². The van der Waals surface area contributed by atoms with Gasteiger partial charge in [-0.15, -0.1) is 0 Å². The molecule has 5 heteroatoms. The molecule has 0 atom stereocenters. The molecule has 2 aliphatic heterocycles. The maximum atomic E-state index is 12.4. The number of rotatable bonds is 4. The summed E-state index contributed by atoms with van der Waals surface area (Å²) in [6.07, 6.45) is 6.11. The maximum Gasteiger partial charge on any atom is 0.222 e.